The van der Waals surface area contributed by atoms with Crippen LogP contribution < -0.4 is 30.5 Å². The molecule has 3 aromatic rings. The van der Waals surface area contributed by atoms with Crippen LogP contribution >= 0.6 is 0 Å². The van der Waals surface area contributed by atoms with Crippen LogP contribution in [-0.2, 0) is 23.9 Å². The fourth-order valence-electron chi connectivity index (χ4n) is 9.20. The molecular weight excluding hydrogens is 880 g/mol. The number of hydrogen-bond donors (Lipinski definition) is 3. The minimum Gasteiger partial charge on any atom is -0.495 e. The van der Waals surface area contributed by atoms with Gasteiger partial charge in [-0.05, 0) is 49.8 Å². The van der Waals surface area contributed by atoms with Crippen LogP contribution in [0.4, 0.5) is 36.3 Å². The molecule has 3 N–H and O–H groups in total. The second-order valence-corrected chi connectivity index (χ2v) is 17.1. The first-order valence-electron chi connectivity index (χ1n) is 22.4. The normalized spacial score (nSPS) is 20.3. The first-order chi connectivity index (χ1) is 32.2. The number of aromatic nitrogens is 2. The summed E-state index contributed by atoms with van der Waals surface area (Å²) in [7, 11) is 2.62. The first kappa shape index (κ1) is 47.1. The van der Waals surface area contributed by atoms with Crippen LogP contribution in [-0.4, -0.2) is 146 Å². The molecule has 0 radical (unpaired) electrons. The van der Waals surface area contributed by atoms with Crippen molar-refractivity contribution in [2.45, 2.75) is 75.4 Å². The van der Waals surface area contributed by atoms with E-state index in [0.717, 1.165) is 28.7 Å². The Kier molecular flexibility index (Phi) is 14.2. The molecule has 21 heteroatoms. The number of hydrogen-bond acceptors (Lipinski definition) is 14. The van der Waals surface area contributed by atoms with E-state index in [-0.39, 0.29) is 77.1 Å². The van der Waals surface area contributed by atoms with Crippen molar-refractivity contribution in [3.05, 3.63) is 70.7 Å². The molecule has 3 fully saturated rings. The molecule has 1 saturated carbocycles. The summed E-state index contributed by atoms with van der Waals surface area (Å²) in [4.78, 5) is 90.6. The van der Waals surface area contributed by atoms with Gasteiger partial charge >= 0.3 is 5.92 Å². The van der Waals surface area contributed by atoms with Gasteiger partial charge in [0.05, 0.1) is 68.7 Å². The number of carbonyl (C=O) groups is 6. The van der Waals surface area contributed by atoms with E-state index in [1.54, 1.807) is 24.3 Å². The maximum Gasteiger partial charge on any atom is 0.342 e. The lowest BCUT2D eigenvalue weighted by atomic mass is 10.0. The highest BCUT2D eigenvalue weighted by atomic mass is 19.3. The number of ether oxygens (including phenoxy) is 3. The molecule has 0 bridgehead atoms. The Morgan fingerprint density at radius 1 is 0.985 bits per heavy atom. The smallest absolute Gasteiger partial charge is 0.342 e. The van der Waals surface area contributed by atoms with Gasteiger partial charge in [-0.1, -0.05) is 37.1 Å². The monoisotopic (exact) mass is 931 g/mol. The summed E-state index contributed by atoms with van der Waals surface area (Å²) in [6.07, 6.45) is 9.17. The Labute approximate surface area is 384 Å². The summed E-state index contributed by atoms with van der Waals surface area (Å²) in [5.41, 5.74) is 0.940. The quantitative estimate of drug-likeness (QED) is 0.137. The average molecular weight is 932 g/mol. The second kappa shape index (κ2) is 20.2. The number of imide groups is 2. The van der Waals surface area contributed by atoms with Crippen molar-refractivity contribution in [2.75, 3.05) is 81.9 Å². The topological polar surface area (TPSA) is 205 Å². The van der Waals surface area contributed by atoms with Crippen molar-refractivity contribution in [1.82, 2.24) is 30.4 Å². The Balaban J connectivity index is 0.761. The van der Waals surface area contributed by atoms with E-state index >= 15 is 13.2 Å². The molecule has 5 heterocycles. The van der Waals surface area contributed by atoms with Gasteiger partial charge in [0.2, 0.25) is 17.8 Å². The summed E-state index contributed by atoms with van der Waals surface area (Å²) in [5.74, 6) is -8.41. The van der Waals surface area contributed by atoms with Crippen LogP contribution in [0.25, 0.3) is 6.08 Å². The van der Waals surface area contributed by atoms with E-state index in [2.05, 4.69) is 30.8 Å². The van der Waals surface area contributed by atoms with Crippen molar-refractivity contribution in [3.63, 3.8) is 0 Å². The van der Waals surface area contributed by atoms with Gasteiger partial charge in [-0.3, -0.25) is 39.0 Å². The molecule has 6 amide bonds. The van der Waals surface area contributed by atoms with E-state index in [4.69, 9.17) is 14.2 Å². The highest BCUT2D eigenvalue weighted by Gasteiger charge is 2.49. The van der Waals surface area contributed by atoms with Crippen molar-refractivity contribution in [1.29, 1.82) is 0 Å². The molecule has 1 aromatic heterocycles. The molecule has 4 aliphatic heterocycles. The Hall–Kier alpha value is -6.45. The van der Waals surface area contributed by atoms with Crippen molar-refractivity contribution < 1.29 is 56.1 Å². The first-order valence-corrected chi connectivity index (χ1v) is 22.4. The van der Waals surface area contributed by atoms with Crippen LogP contribution in [0.1, 0.15) is 88.0 Å². The SMILES string of the molecule is COc1cc(C(=O)NC2CCN(CCOCCOC/C=C\c3cccc4c3C(=O)N(C3CCC(=O)NC3=O)C4=O)CC2)c(F)cc1Nc1ncc2c(n1)N(C1CCCC1)CC(F)(F)C(=O)N2C. The highest BCUT2D eigenvalue weighted by molar-refractivity contribution is 6.24. The molecule has 67 heavy (non-hydrogen) atoms. The number of piperidine rings is 2. The van der Waals surface area contributed by atoms with Gasteiger partial charge in [0.1, 0.15) is 23.3 Å². The average Bonchev–Trinajstić information content (AvgIpc) is 3.92. The van der Waals surface area contributed by atoms with Crippen LogP contribution in [0.3, 0.4) is 0 Å². The summed E-state index contributed by atoms with van der Waals surface area (Å²) in [6.45, 7) is 2.56. The molecule has 2 saturated heterocycles. The standard InChI is InChI=1S/C46H52F3N9O9/c1-55-35-25-50-45(54-39(35)57(29-9-3-4-10-29)26-46(48,49)44(55)64)52-33-24-32(47)31(23-36(33)65-2)40(60)51-28-14-16-56(17-15-28)18-20-67-22-21-66-19-6-8-27-7-5-11-30-38(27)43(63)58(42(30)62)34-12-13-37(59)53-41(34)61/h5-8,11,23-25,28-29,34H,3-4,9-10,12-22,26H2,1-2H3,(H,51,60)(H,50,52,54)(H,53,59,61)/b8-6-. The third kappa shape index (κ3) is 10.1. The van der Waals surface area contributed by atoms with Crippen molar-refractivity contribution >= 4 is 64.7 Å². The second-order valence-electron chi connectivity index (χ2n) is 17.1. The number of anilines is 4. The van der Waals surface area contributed by atoms with E-state index in [0.29, 0.717) is 70.7 Å². The van der Waals surface area contributed by atoms with E-state index < -0.39 is 59.8 Å². The number of halogens is 3. The van der Waals surface area contributed by atoms with Crippen molar-refractivity contribution in [3.8, 4) is 5.75 Å². The third-order valence-electron chi connectivity index (χ3n) is 12.8. The molecule has 18 nitrogen and oxygen atoms in total. The zero-order valence-corrected chi connectivity index (χ0v) is 37.2. The number of amides is 6. The lowest BCUT2D eigenvalue weighted by Gasteiger charge is -2.32. The zero-order valence-electron chi connectivity index (χ0n) is 37.2. The molecule has 8 rings (SSSR count). The van der Waals surface area contributed by atoms with Crippen LogP contribution in [0.2, 0.25) is 0 Å². The Bertz CT molecular complexity index is 2460. The molecule has 1 atom stereocenters. The minimum atomic E-state index is -3.64. The summed E-state index contributed by atoms with van der Waals surface area (Å²) in [6, 6.07) is 5.80. The molecule has 356 valence electrons. The third-order valence-corrected chi connectivity index (χ3v) is 12.8. The number of nitrogens with zero attached hydrogens (tertiary/aromatic N) is 6. The predicted octanol–water partition coefficient (Wildman–Crippen LogP) is 4.07. The summed E-state index contributed by atoms with van der Waals surface area (Å²) >= 11 is 0. The number of methoxy groups -OCH3 is 1. The number of benzene rings is 2. The van der Waals surface area contributed by atoms with Gasteiger partial charge in [0.25, 0.3) is 23.6 Å². The van der Waals surface area contributed by atoms with E-state index in [1.165, 1.54) is 37.4 Å². The fraction of sp³-hybridized carbons (Fsp3) is 0.478. The lowest BCUT2D eigenvalue weighted by Crippen LogP contribution is -2.54. The van der Waals surface area contributed by atoms with Gasteiger partial charge in [-0.25, -0.2) is 9.37 Å². The molecule has 0 spiro atoms. The number of alkyl halides is 2. The number of nitrogens with one attached hydrogen (secondary N) is 3. The molecule has 2 aromatic carbocycles. The number of carbonyl (C=O) groups excluding carboxylic acids is 6. The van der Waals surface area contributed by atoms with Crippen LogP contribution in [0, 0.1) is 5.82 Å². The maximum atomic E-state index is 15.6. The van der Waals surface area contributed by atoms with Gasteiger partial charge < -0.3 is 39.5 Å². The summed E-state index contributed by atoms with van der Waals surface area (Å²) in [5, 5.41) is 8.04. The largest absolute Gasteiger partial charge is 0.495 e. The minimum absolute atomic E-state index is 0.0331. The molecule has 1 aliphatic carbocycles. The van der Waals surface area contributed by atoms with Gasteiger partial charge in [0, 0.05) is 51.3 Å². The van der Waals surface area contributed by atoms with Gasteiger partial charge in [-0.2, -0.15) is 13.8 Å². The lowest BCUT2D eigenvalue weighted by molar-refractivity contribution is -0.140. The predicted molar refractivity (Wildman–Crippen MR) is 237 cm³/mol. The van der Waals surface area contributed by atoms with Gasteiger partial charge in [-0.15, -0.1) is 0 Å². The number of likely N-dealkylation sites (tertiary alicyclic amines) is 1. The molecular formula is C46H52F3N9O9. The van der Waals surface area contributed by atoms with Crippen LogP contribution in [0.15, 0.2) is 42.6 Å². The highest BCUT2D eigenvalue weighted by Crippen LogP contribution is 2.40. The Morgan fingerprint density at radius 3 is 2.49 bits per heavy atom. The van der Waals surface area contributed by atoms with Crippen molar-refractivity contribution in [2.24, 2.45) is 0 Å². The van der Waals surface area contributed by atoms with E-state index in [1.807, 2.05) is 0 Å². The fourth-order valence-corrected chi connectivity index (χ4v) is 9.20. The number of fused-ring (bicyclic) bond motifs is 2. The number of rotatable bonds is 16. The molecule has 1 unspecified atom stereocenters. The van der Waals surface area contributed by atoms with E-state index in [9.17, 15) is 28.8 Å². The van der Waals surface area contributed by atoms with Crippen LogP contribution in [0.5, 0.6) is 5.75 Å². The Morgan fingerprint density at radius 2 is 1.75 bits per heavy atom. The van der Waals surface area contributed by atoms with Gasteiger partial charge in [0.15, 0.2) is 5.82 Å². The maximum absolute atomic E-state index is 15.6. The summed E-state index contributed by atoms with van der Waals surface area (Å²) < 4.78 is 62.6. The molecule has 5 aliphatic rings. The zero-order chi connectivity index (χ0) is 47.4.